The van der Waals surface area contributed by atoms with E-state index < -0.39 is 5.92 Å². The number of rotatable bonds is 5. The van der Waals surface area contributed by atoms with Gasteiger partial charge in [-0.05, 0) is 42.8 Å². The van der Waals surface area contributed by atoms with Crippen LogP contribution in [0.3, 0.4) is 0 Å². The Hall–Kier alpha value is -2.84. The molecular formula is C19H16ClN3O2. The Morgan fingerprint density at radius 2 is 2.12 bits per heavy atom. The summed E-state index contributed by atoms with van der Waals surface area (Å²) >= 11 is 5.98. The third-order valence-electron chi connectivity index (χ3n) is 4.04. The first-order chi connectivity index (χ1) is 12.0. The van der Waals surface area contributed by atoms with Gasteiger partial charge in [0.25, 0.3) is 0 Å². The van der Waals surface area contributed by atoms with Gasteiger partial charge in [0.15, 0.2) is 11.7 Å². The van der Waals surface area contributed by atoms with E-state index in [2.05, 4.69) is 4.98 Å². The number of hydrogen-bond acceptors (Lipinski definition) is 4. The van der Waals surface area contributed by atoms with E-state index in [1.54, 1.807) is 29.8 Å². The molecule has 0 saturated heterocycles. The summed E-state index contributed by atoms with van der Waals surface area (Å²) in [6.07, 6.45) is 0. The molecule has 6 heteroatoms. The molecule has 0 aliphatic rings. The molecule has 1 unspecified atom stereocenters. The normalized spacial score (nSPS) is 11.9. The van der Waals surface area contributed by atoms with Gasteiger partial charge in [0.2, 0.25) is 0 Å². The van der Waals surface area contributed by atoms with Crippen molar-refractivity contribution in [3.05, 3.63) is 58.9 Å². The van der Waals surface area contributed by atoms with Gasteiger partial charge in [-0.2, -0.15) is 5.26 Å². The second-order valence-electron chi connectivity index (χ2n) is 5.75. The van der Waals surface area contributed by atoms with Crippen molar-refractivity contribution in [2.45, 2.75) is 12.8 Å². The molecule has 0 aliphatic heterocycles. The molecule has 0 fully saturated rings. The predicted molar refractivity (Wildman–Crippen MR) is 95.8 cm³/mol. The van der Waals surface area contributed by atoms with Crippen LogP contribution < -0.4 is 4.74 Å². The lowest BCUT2D eigenvalue weighted by Crippen LogP contribution is -2.21. The molecule has 126 valence electrons. The maximum absolute atomic E-state index is 12.5. The number of ketones is 1. The number of carbonyl (C=O) groups is 1. The molecule has 1 atom stereocenters. The van der Waals surface area contributed by atoms with Crippen LogP contribution in [0.5, 0.6) is 5.75 Å². The molecule has 3 aromatic rings. The largest absolute Gasteiger partial charge is 0.486 e. The lowest BCUT2D eigenvalue weighted by molar-refractivity contribution is -0.121. The molecule has 1 heterocycles. The zero-order valence-corrected chi connectivity index (χ0v) is 14.6. The topological polar surface area (TPSA) is 67.9 Å². The zero-order chi connectivity index (χ0) is 18.0. The summed E-state index contributed by atoms with van der Waals surface area (Å²) < 4.78 is 7.30. The van der Waals surface area contributed by atoms with E-state index in [9.17, 15) is 10.1 Å². The van der Waals surface area contributed by atoms with Crippen molar-refractivity contribution in [3.8, 4) is 11.8 Å². The predicted octanol–water partition coefficient (Wildman–Crippen LogP) is 3.79. The van der Waals surface area contributed by atoms with Crippen LogP contribution >= 0.6 is 11.6 Å². The van der Waals surface area contributed by atoms with Crippen LogP contribution in [-0.2, 0) is 11.8 Å². The number of nitrogens with zero attached hydrogens (tertiary/aromatic N) is 3. The first kappa shape index (κ1) is 17.0. The van der Waals surface area contributed by atoms with E-state index in [-0.39, 0.29) is 12.4 Å². The van der Waals surface area contributed by atoms with Gasteiger partial charge in [0.1, 0.15) is 18.2 Å². The van der Waals surface area contributed by atoms with Crippen LogP contribution in [0.2, 0.25) is 5.02 Å². The van der Waals surface area contributed by atoms with Crippen molar-refractivity contribution in [3.63, 3.8) is 0 Å². The number of halogens is 1. The number of carbonyl (C=O) groups excluding carboxylic acids is 1. The minimum absolute atomic E-state index is 0.206. The Kier molecular flexibility index (Phi) is 4.73. The Morgan fingerprint density at radius 3 is 2.80 bits per heavy atom. The molecular weight excluding hydrogens is 338 g/mol. The van der Waals surface area contributed by atoms with Crippen molar-refractivity contribution in [1.82, 2.24) is 9.55 Å². The number of para-hydroxylation sites is 2. The van der Waals surface area contributed by atoms with Crippen LogP contribution in [0.4, 0.5) is 0 Å². The molecule has 0 aliphatic carbocycles. The van der Waals surface area contributed by atoms with E-state index in [4.69, 9.17) is 16.3 Å². The lowest BCUT2D eigenvalue weighted by Gasteiger charge is -2.11. The van der Waals surface area contributed by atoms with E-state index in [0.29, 0.717) is 16.6 Å². The van der Waals surface area contributed by atoms with E-state index in [1.807, 2.05) is 37.3 Å². The number of nitriles is 1. The van der Waals surface area contributed by atoms with E-state index in [0.717, 1.165) is 16.6 Å². The monoisotopic (exact) mass is 353 g/mol. The van der Waals surface area contributed by atoms with Crippen LogP contribution in [0, 0.1) is 18.3 Å². The summed E-state index contributed by atoms with van der Waals surface area (Å²) in [5.74, 6) is -0.360. The molecule has 0 radical (unpaired) electrons. The number of imidazole rings is 1. The number of ether oxygens (including phenoxy) is 1. The number of fused-ring (bicyclic) bond motifs is 1. The Balaban J connectivity index is 1.80. The minimum atomic E-state index is -0.981. The summed E-state index contributed by atoms with van der Waals surface area (Å²) in [6, 6.07) is 14.7. The van der Waals surface area contributed by atoms with E-state index in [1.165, 1.54) is 0 Å². The Bertz CT molecular complexity index is 988. The fourth-order valence-corrected chi connectivity index (χ4v) is 2.76. The van der Waals surface area contributed by atoms with Gasteiger partial charge in [-0.1, -0.05) is 23.7 Å². The van der Waals surface area contributed by atoms with Gasteiger partial charge in [0, 0.05) is 12.1 Å². The first-order valence-electron chi connectivity index (χ1n) is 7.74. The molecule has 5 nitrogen and oxygen atoms in total. The highest BCUT2D eigenvalue weighted by Gasteiger charge is 2.26. The van der Waals surface area contributed by atoms with Gasteiger partial charge in [-0.25, -0.2) is 4.98 Å². The number of Topliss-reactive ketones (excluding diaryl/α,β-unsaturated/α-hetero) is 1. The average molecular weight is 354 g/mol. The van der Waals surface area contributed by atoms with Crippen LogP contribution in [-0.4, -0.2) is 21.9 Å². The van der Waals surface area contributed by atoms with Crippen molar-refractivity contribution in [2.75, 3.05) is 6.61 Å². The summed E-state index contributed by atoms with van der Waals surface area (Å²) in [5, 5.41) is 10.1. The van der Waals surface area contributed by atoms with Crippen molar-refractivity contribution < 1.29 is 9.53 Å². The summed E-state index contributed by atoms with van der Waals surface area (Å²) in [6.45, 7) is 1.65. The van der Waals surface area contributed by atoms with Crippen LogP contribution in [0.15, 0.2) is 42.5 Å². The molecule has 0 bridgehead atoms. The smallest absolute Gasteiger partial charge is 0.194 e. The van der Waals surface area contributed by atoms with Crippen LogP contribution in [0.25, 0.3) is 11.0 Å². The summed E-state index contributed by atoms with van der Waals surface area (Å²) in [7, 11) is 1.80. The minimum Gasteiger partial charge on any atom is -0.486 e. The fourth-order valence-electron chi connectivity index (χ4n) is 2.64. The van der Waals surface area contributed by atoms with Crippen molar-refractivity contribution in [2.24, 2.45) is 7.05 Å². The Morgan fingerprint density at radius 1 is 1.36 bits per heavy atom. The molecule has 0 saturated carbocycles. The van der Waals surface area contributed by atoms with Gasteiger partial charge < -0.3 is 9.30 Å². The van der Waals surface area contributed by atoms with Crippen LogP contribution in [0.1, 0.15) is 17.3 Å². The second-order valence-corrected chi connectivity index (χ2v) is 6.15. The quantitative estimate of drug-likeness (QED) is 0.699. The highest BCUT2D eigenvalue weighted by molar-refractivity contribution is 6.31. The standard InChI is InChI=1S/C19H16ClN3O2/c1-12-9-13(7-8-15(12)20)25-11-18(24)14(10-21)19-22-16-5-3-4-6-17(16)23(19)2/h3-9,14H,11H2,1-2H3. The van der Waals surface area contributed by atoms with Gasteiger partial charge >= 0.3 is 0 Å². The third-order valence-corrected chi connectivity index (χ3v) is 4.47. The molecule has 0 spiro atoms. The van der Waals surface area contributed by atoms with Gasteiger partial charge in [-0.15, -0.1) is 0 Å². The first-order valence-corrected chi connectivity index (χ1v) is 8.11. The lowest BCUT2D eigenvalue weighted by atomic mass is 10.1. The maximum atomic E-state index is 12.5. The molecule has 0 amide bonds. The third kappa shape index (κ3) is 3.35. The molecule has 0 N–H and O–H groups in total. The molecule has 25 heavy (non-hydrogen) atoms. The average Bonchev–Trinajstić information content (AvgIpc) is 2.94. The summed E-state index contributed by atoms with van der Waals surface area (Å²) in [4.78, 5) is 16.9. The van der Waals surface area contributed by atoms with Gasteiger partial charge in [-0.3, -0.25) is 4.79 Å². The second kappa shape index (κ2) is 6.96. The van der Waals surface area contributed by atoms with Crippen molar-refractivity contribution in [1.29, 1.82) is 5.26 Å². The summed E-state index contributed by atoms with van der Waals surface area (Å²) in [5.41, 5.74) is 2.49. The SMILES string of the molecule is Cc1cc(OCC(=O)C(C#N)c2nc3ccccc3n2C)ccc1Cl. The van der Waals surface area contributed by atoms with Crippen molar-refractivity contribution >= 4 is 28.4 Å². The molecule has 3 rings (SSSR count). The number of benzene rings is 2. The molecule has 1 aromatic heterocycles. The number of aryl methyl sites for hydroxylation is 2. The number of aromatic nitrogens is 2. The number of hydrogen-bond donors (Lipinski definition) is 0. The zero-order valence-electron chi connectivity index (χ0n) is 13.9. The highest BCUT2D eigenvalue weighted by Crippen LogP contribution is 2.23. The van der Waals surface area contributed by atoms with E-state index >= 15 is 0 Å². The molecule has 2 aromatic carbocycles. The Labute approximate surface area is 150 Å². The highest BCUT2D eigenvalue weighted by atomic mass is 35.5. The maximum Gasteiger partial charge on any atom is 0.194 e. The van der Waals surface area contributed by atoms with Gasteiger partial charge in [0.05, 0.1) is 17.1 Å². The fraction of sp³-hybridized carbons (Fsp3) is 0.211.